The Balaban J connectivity index is 2.06. The quantitative estimate of drug-likeness (QED) is 0.778. The smallest absolute Gasteiger partial charge is 0.266 e. The molecule has 6 heteroatoms. The molecule has 6 nitrogen and oxygen atoms in total. The molecule has 1 aliphatic rings. The lowest BCUT2D eigenvalue weighted by Crippen LogP contribution is -2.69. The second kappa shape index (κ2) is 6.13. The van der Waals surface area contributed by atoms with E-state index in [1.165, 1.54) is 11.8 Å². The van der Waals surface area contributed by atoms with Gasteiger partial charge in [-0.1, -0.05) is 0 Å². The van der Waals surface area contributed by atoms with Gasteiger partial charge in [-0.3, -0.25) is 9.59 Å². The third kappa shape index (κ3) is 3.16. The van der Waals surface area contributed by atoms with Crippen LogP contribution in [0.25, 0.3) is 0 Å². The second-order valence-electron chi connectivity index (χ2n) is 5.13. The maximum Gasteiger partial charge on any atom is 0.266 e. The van der Waals surface area contributed by atoms with Crippen molar-refractivity contribution in [1.82, 2.24) is 4.90 Å². The van der Waals surface area contributed by atoms with E-state index in [2.05, 4.69) is 0 Å². The summed E-state index contributed by atoms with van der Waals surface area (Å²) >= 11 is 0. The van der Waals surface area contributed by atoms with E-state index < -0.39 is 18.2 Å². The predicted molar refractivity (Wildman–Crippen MR) is 75.3 cm³/mol. The maximum atomic E-state index is 11.9. The normalized spacial score (nSPS) is 22.5. The number of likely N-dealkylation sites (tertiary alicyclic amines) is 1. The third-order valence-corrected chi connectivity index (χ3v) is 3.56. The molecule has 2 rings (SSSR count). The molecule has 3 atom stereocenters. The van der Waals surface area contributed by atoms with Crippen molar-refractivity contribution in [2.45, 2.75) is 31.6 Å². The molecule has 114 valence electrons. The minimum Gasteiger partial charge on any atom is -0.497 e. The summed E-state index contributed by atoms with van der Waals surface area (Å²) in [6.07, 6.45) is -1.68. The molecule has 0 unspecified atom stereocenters. The van der Waals surface area contributed by atoms with Crippen LogP contribution in [0, 0.1) is 0 Å². The number of rotatable bonds is 6. The summed E-state index contributed by atoms with van der Waals surface area (Å²) in [5.41, 5.74) is 0. The number of hydrogen-bond acceptors (Lipinski definition) is 5. The molecule has 0 saturated carbocycles. The molecule has 0 bridgehead atoms. The average molecular weight is 293 g/mol. The van der Waals surface area contributed by atoms with E-state index in [9.17, 15) is 14.7 Å². The Morgan fingerprint density at radius 2 is 1.90 bits per heavy atom. The Hall–Kier alpha value is -2.08. The second-order valence-corrected chi connectivity index (χ2v) is 5.13. The van der Waals surface area contributed by atoms with Gasteiger partial charge in [-0.05, 0) is 31.2 Å². The standard InChI is InChI=1S/C15H19NO5/c1-9(17)8-12(18)13-14(15(19)16(13)2)21-11-6-4-10(20-3)5-7-11/h4-7,12-14,18H,8H2,1-3H3/t12-,13+,14-/m1/s1. The Bertz CT molecular complexity index is 527. The number of carbonyl (C=O) groups is 2. The van der Waals surface area contributed by atoms with Crippen LogP contribution < -0.4 is 9.47 Å². The summed E-state index contributed by atoms with van der Waals surface area (Å²) in [4.78, 5) is 24.4. The number of methoxy groups -OCH3 is 1. The van der Waals surface area contributed by atoms with Crippen LogP contribution >= 0.6 is 0 Å². The van der Waals surface area contributed by atoms with Gasteiger partial charge >= 0.3 is 0 Å². The lowest BCUT2D eigenvalue weighted by Gasteiger charge is -2.46. The molecule has 1 heterocycles. The van der Waals surface area contributed by atoms with Gasteiger partial charge < -0.3 is 19.5 Å². The molecule has 0 aliphatic carbocycles. The fourth-order valence-electron chi connectivity index (χ4n) is 2.41. The lowest BCUT2D eigenvalue weighted by molar-refractivity contribution is -0.170. The Kier molecular flexibility index (Phi) is 4.47. The van der Waals surface area contributed by atoms with Crippen molar-refractivity contribution in [3.05, 3.63) is 24.3 Å². The topological polar surface area (TPSA) is 76.1 Å². The molecule has 0 aromatic heterocycles. The van der Waals surface area contributed by atoms with Crippen molar-refractivity contribution in [2.24, 2.45) is 0 Å². The molecular formula is C15H19NO5. The zero-order valence-corrected chi connectivity index (χ0v) is 12.3. The van der Waals surface area contributed by atoms with Crippen molar-refractivity contribution in [3.8, 4) is 11.5 Å². The fraction of sp³-hybridized carbons (Fsp3) is 0.467. The highest BCUT2D eigenvalue weighted by Gasteiger charge is 2.50. The summed E-state index contributed by atoms with van der Waals surface area (Å²) in [5.74, 6) is 0.867. The summed E-state index contributed by atoms with van der Waals surface area (Å²) < 4.78 is 10.7. The molecule has 1 aromatic carbocycles. The summed E-state index contributed by atoms with van der Waals surface area (Å²) in [6, 6.07) is 6.33. The van der Waals surface area contributed by atoms with Gasteiger partial charge in [-0.2, -0.15) is 0 Å². The Morgan fingerprint density at radius 1 is 1.33 bits per heavy atom. The van der Waals surface area contributed by atoms with Crippen molar-refractivity contribution >= 4 is 11.7 Å². The van der Waals surface area contributed by atoms with Crippen LogP contribution in [0.15, 0.2) is 24.3 Å². The van der Waals surface area contributed by atoms with Crippen molar-refractivity contribution < 1.29 is 24.2 Å². The number of Topliss-reactive ketones (excluding diaryl/α,β-unsaturated/α-hetero) is 1. The van der Waals surface area contributed by atoms with Gasteiger partial charge in [0.25, 0.3) is 5.91 Å². The molecule has 1 amide bonds. The third-order valence-electron chi connectivity index (χ3n) is 3.56. The van der Waals surface area contributed by atoms with Crippen LogP contribution in [-0.2, 0) is 9.59 Å². The van der Waals surface area contributed by atoms with E-state index in [1.807, 2.05) is 0 Å². The van der Waals surface area contributed by atoms with Crippen LogP contribution in [0.4, 0.5) is 0 Å². The van der Waals surface area contributed by atoms with Gasteiger partial charge in [0.2, 0.25) is 0 Å². The molecule has 1 aliphatic heterocycles. The van der Waals surface area contributed by atoms with E-state index >= 15 is 0 Å². The molecule has 1 aromatic rings. The molecule has 1 fully saturated rings. The number of aliphatic hydroxyl groups is 1. The Labute approximate surface area is 123 Å². The average Bonchev–Trinajstić information content (AvgIpc) is 2.46. The molecular weight excluding hydrogens is 274 g/mol. The van der Waals surface area contributed by atoms with Gasteiger partial charge in [0.15, 0.2) is 6.10 Å². The molecule has 0 spiro atoms. The summed E-state index contributed by atoms with van der Waals surface area (Å²) in [6.45, 7) is 1.41. The number of carbonyl (C=O) groups excluding carboxylic acids is 2. The van der Waals surface area contributed by atoms with Gasteiger partial charge in [0.05, 0.1) is 13.2 Å². The Morgan fingerprint density at radius 3 is 2.43 bits per heavy atom. The van der Waals surface area contributed by atoms with E-state index in [1.54, 1.807) is 38.4 Å². The monoisotopic (exact) mass is 293 g/mol. The number of nitrogens with zero attached hydrogens (tertiary/aromatic N) is 1. The fourth-order valence-corrected chi connectivity index (χ4v) is 2.41. The number of hydrogen-bond donors (Lipinski definition) is 1. The highest BCUT2D eigenvalue weighted by Crippen LogP contribution is 2.28. The minimum atomic E-state index is -0.923. The highest BCUT2D eigenvalue weighted by atomic mass is 16.5. The number of β-lactam (4-membered cyclic amide) rings is 1. The highest BCUT2D eigenvalue weighted by molar-refractivity contribution is 5.89. The number of benzene rings is 1. The van der Waals surface area contributed by atoms with E-state index in [0.717, 1.165) is 0 Å². The zero-order valence-electron chi connectivity index (χ0n) is 12.3. The summed E-state index contributed by atoms with van der Waals surface area (Å²) in [5, 5.41) is 10.0. The first-order valence-corrected chi connectivity index (χ1v) is 6.69. The summed E-state index contributed by atoms with van der Waals surface area (Å²) in [7, 11) is 3.15. The van der Waals surface area contributed by atoms with Crippen molar-refractivity contribution in [3.63, 3.8) is 0 Å². The molecule has 0 radical (unpaired) electrons. The van der Waals surface area contributed by atoms with Gasteiger partial charge in [0.1, 0.15) is 23.3 Å². The number of ketones is 1. The van der Waals surface area contributed by atoms with E-state index in [0.29, 0.717) is 11.5 Å². The first-order valence-electron chi connectivity index (χ1n) is 6.69. The van der Waals surface area contributed by atoms with Gasteiger partial charge in [-0.25, -0.2) is 0 Å². The van der Waals surface area contributed by atoms with Crippen LogP contribution in [0.1, 0.15) is 13.3 Å². The van der Waals surface area contributed by atoms with Crippen LogP contribution in [0.3, 0.4) is 0 Å². The van der Waals surface area contributed by atoms with E-state index in [-0.39, 0.29) is 18.1 Å². The van der Waals surface area contributed by atoms with Crippen LogP contribution in [0.5, 0.6) is 11.5 Å². The number of likely N-dealkylation sites (N-methyl/N-ethyl adjacent to an activating group) is 1. The van der Waals surface area contributed by atoms with Crippen molar-refractivity contribution in [1.29, 1.82) is 0 Å². The minimum absolute atomic E-state index is 0.00472. The predicted octanol–water partition coefficient (Wildman–Crippen LogP) is 0.623. The SMILES string of the molecule is COc1ccc(O[C@H]2C(=O)N(C)[C@H]2[C@H](O)CC(C)=O)cc1. The number of amides is 1. The zero-order chi connectivity index (χ0) is 15.6. The first kappa shape index (κ1) is 15.3. The first-order chi connectivity index (χ1) is 9.93. The van der Waals surface area contributed by atoms with E-state index in [4.69, 9.17) is 9.47 Å². The van der Waals surface area contributed by atoms with Gasteiger partial charge in [-0.15, -0.1) is 0 Å². The largest absolute Gasteiger partial charge is 0.497 e. The lowest BCUT2D eigenvalue weighted by atomic mass is 9.91. The molecule has 21 heavy (non-hydrogen) atoms. The van der Waals surface area contributed by atoms with Gasteiger partial charge in [0, 0.05) is 13.5 Å². The van der Waals surface area contributed by atoms with Crippen LogP contribution in [-0.4, -0.2) is 54.1 Å². The van der Waals surface area contributed by atoms with Crippen LogP contribution in [0.2, 0.25) is 0 Å². The van der Waals surface area contributed by atoms with Crippen molar-refractivity contribution in [2.75, 3.05) is 14.2 Å². The molecule has 1 N–H and O–H groups in total. The number of aliphatic hydroxyl groups excluding tert-OH is 1. The maximum absolute atomic E-state index is 11.9. The number of ether oxygens (including phenoxy) is 2. The molecule has 1 saturated heterocycles.